The highest BCUT2D eigenvalue weighted by Crippen LogP contribution is 2.14. The minimum atomic E-state index is -0.439. The van der Waals surface area contributed by atoms with Crippen molar-refractivity contribution in [1.82, 2.24) is 14.9 Å². The van der Waals surface area contributed by atoms with Crippen LogP contribution in [0.3, 0.4) is 0 Å². The molecule has 20 heavy (non-hydrogen) atoms. The van der Waals surface area contributed by atoms with Gasteiger partial charge in [-0.2, -0.15) is 0 Å². The van der Waals surface area contributed by atoms with Crippen LogP contribution in [-0.2, 0) is 14.3 Å². The third-order valence-electron chi connectivity index (χ3n) is 3.50. The molecule has 1 atom stereocenters. The Morgan fingerprint density at radius 2 is 1.90 bits per heavy atom. The molecule has 2 saturated heterocycles. The first-order chi connectivity index (χ1) is 9.84. The van der Waals surface area contributed by atoms with E-state index in [-0.39, 0.29) is 5.91 Å². The monoisotopic (exact) mass is 278 g/mol. The summed E-state index contributed by atoms with van der Waals surface area (Å²) in [6, 6.07) is 1.78. The molecule has 3 heterocycles. The first-order valence-electron chi connectivity index (χ1n) is 6.85. The average Bonchev–Trinajstić information content (AvgIpc) is 2.56. The van der Waals surface area contributed by atoms with Gasteiger partial charge in [0.25, 0.3) is 5.91 Å². The number of hydrogen-bond donors (Lipinski definition) is 0. The van der Waals surface area contributed by atoms with E-state index in [1.54, 1.807) is 18.5 Å². The molecule has 2 aliphatic rings. The van der Waals surface area contributed by atoms with E-state index >= 15 is 0 Å². The van der Waals surface area contributed by atoms with Crippen molar-refractivity contribution < 1.29 is 14.3 Å². The molecule has 2 fully saturated rings. The lowest BCUT2D eigenvalue weighted by atomic mass is 10.2. The lowest BCUT2D eigenvalue weighted by molar-refractivity contribution is -0.148. The van der Waals surface area contributed by atoms with Crippen molar-refractivity contribution in [2.24, 2.45) is 0 Å². The van der Waals surface area contributed by atoms with Crippen LogP contribution in [0.15, 0.2) is 18.5 Å². The predicted octanol–water partition coefficient (Wildman–Crippen LogP) is -0.459. The minimum absolute atomic E-state index is 0.0360. The molecule has 1 aromatic heterocycles. The highest BCUT2D eigenvalue weighted by Gasteiger charge is 2.31. The molecule has 0 aliphatic carbocycles. The van der Waals surface area contributed by atoms with Crippen LogP contribution in [0.4, 0.5) is 5.95 Å². The fraction of sp³-hybridized carbons (Fsp3) is 0.615. The Hall–Kier alpha value is -1.73. The van der Waals surface area contributed by atoms with E-state index in [1.807, 2.05) is 9.80 Å². The molecule has 0 aromatic carbocycles. The number of carbonyl (C=O) groups is 1. The zero-order chi connectivity index (χ0) is 13.8. The lowest BCUT2D eigenvalue weighted by Crippen LogP contribution is -2.53. The van der Waals surface area contributed by atoms with Crippen molar-refractivity contribution in [2.75, 3.05) is 50.9 Å². The van der Waals surface area contributed by atoms with Crippen molar-refractivity contribution in [3.63, 3.8) is 0 Å². The van der Waals surface area contributed by atoms with Crippen molar-refractivity contribution >= 4 is 11.9 Å². The molecule has 1 amide bonds. The first-order valence-corrected chi connectivity index (χ1v) is 6.85. The van der Waals surface area contributed by atoms with Gasteiger partial charge in [-0.15, -0.1) is 0 Å². The van der Waals surface area contributed by atoms with Crippen molar-refractivity contribution in [2.45, 2.75) is 6.10 Å². The van der Waals surface area contributed by atoms with Crippen LogP contribution in [0.5, 0.6) is 0 Å². The molecule has 108 valence electrons. The van der Waals surface area contributed by atoms with E-state index < -0.39 is 6.10 Å². The summed E-state index contributed by atoms with van der Waals surface area (Å²) in [5.41, 5.74) is 0. The Morgan fingerprint density at radius 1 is 1.15 bits per heavy atom. The summed E-state index contributed by atoms with van der Waals surface area (Å²) in [5.74, 6) is 0.685. The van der Waals surface area contributed by atoms with E-state index in [4.69, 9.17) is 9.47 Å². The molecule has 7 heteroatoms. The third-order valence-corrected chi connectivity index (χ3v) is 3.50. The smallest absolute Gasteiger partial charge is 0.253 e. The van der Waals surface area contributed by atoms with E-state index in [2.05, 4.69) is 9.97 Å². The summed E-state index contributed by atoms with van der Waals surface area (Å²) < 4.78 is 10.9. The highest BCUT2D eigenvalue weighted by atomic mass is 16.5. The standard InChI is InChI=1S/C13H18N4O3/c18-12(16-4-7-19-8-5-16)11-10-17(6-9-20-11)13-14-2-1-3-15-13/h1-3,11H,4-10H2/t11-/m0/s1. The molecule has 7 nitrogen and oxygen atoms in total. The van der Waals surface area contributed by atoms with Crippen LogP contribution in [-0.4, -0.2) is 72.9 Å². The number of nitrogens with zero attached hydrogens (tertiary/aromatic N) is 4. The molecule has 0 spiro atoms. The first kappa shape index (κ1) is 13.3. The molecule has 0 radical (unpaired) electrons. The lowest BCUT2D eigenvalue weighted by Gasteiger charge is -2.36. The van der Waals surface area contributed by atoms with Gasteiger partial charge in [0.1, 0.15) is 0 Å². The second-order valence-corrected chi connectivity index (χ2v) is 4.79. The van der Waals surface area contributed by atoms with Gasteiger partial charge in [0.05, 0.1) is 26.4 Å². The maximum absolute atomic E-state index is 12.4. The Morgan fingerprint density at radius 3 is 2.65 bits per heavy atom. The van der Waals surface area contributed by atoms with Crippen LogP contribution in [0.25, 0.3) is 0 Å². The van der Waals surface area contributed by atoms with Gasteiger partial charge in [0.15, 0.2) is 6.10 Å². The number of morpholine rings is 2. The van der Waals surface area contributed by atoms with E-state index in [0.717, 1.165) is 0 Å². The zero-order valence-electron chi connectivity index (χ0n) is 11.3. The highest BCUT2D eigenvalue weighted by molar-refractivity contribution is 5.82. The number of amides is 1. The number of aromatic nitrogens is 2. The number of ether oxygens (including phenoxy) is 2. The second kappa shape index (κ2) is 6.15. The van der Waals surface area contributed by atoms with Crippen molar-refractivity contribution in [3.05, 3.63) is 18.5 Å². The third kappa shape index (κ3) is 2.88. The maximum Gasteiger partial charge on any atom is 0.253 e. The molecule has 0 N–H and O–H groups in total. The van der Waals surface area contributed by atoms with Gasteiger partial charge < -0.3 is 19.3 Å². The average molecular weight is 278 g/mol. The summed E-state index contributed by atoms with van der Waals surface area (Å²) >= 11 is 0. The Balaban J connectivity index is 1.64. The minimum Gasteiger partial charge on any atom is -0.378 e. The number of carbonyl (C=O) groups excluding carboxylic acids is 1. The van der Waals surface area contributed by atoms with Crippen LogP contribution in [0.2, 0.25) is 0 Å². The topological polar surface area (TPSA) is 67.8 Å². The normalized spacial score (nSPS) is 23.7. The van der Waals surface area contributed by atoms with Gasteiger partial charge in [0, 0.05) is 32.0 Å². The molecular weight excluding hydrogens is 260 g/mol. The van der Waals surface area contributed by atoms with Gasteiger partial charge in [-0.05, 0) is 6.07 Å². The number of hydrogen-bond acceptors (Lipinski definition) is 6. The summed E-state index contributed by atoms with van der Waals surface area (Å²) in [4.78, 5) is 24.7. The summed E-state index contributed by atoms with van der Waals surface area (Å²) in [7, 11) is 0. The summed E-state index contributed by atoms with van der Waals surface area (Å²) in [6.45, 7) is 4.20. The van der Waals surface area contributed by atoms with Crippen LogP contribution in [0.1, 0.15) is 0 Å². The molecule has 0 saturated carbocycles. The fourth-order valence-electron chi connectivity index (χ4n) is 2.42. The number of rotatable bonds is 2. The molecule has 0 bridgehead atoms. The Kier molecular flexibility index (Phi) is 4.08. The summed E-state index contributed by atoms with van der Waals surface area (Å²) in [5, 5.41) is 0. The zero-order valence-corrected chi connectivity index (χ0v) is 11.3. The Labute approximate surface area is 117 Å². The van der Waals surface area contributed by atoms with Gasteiger partial charge in [-0.25, -0.2) is 9.97 Å². The van der Waals surface area contributed by atoms with Crippen LogP contribution < -0.4 is 4.90 Å². The van der Waals surface area contributed by atoms with E-state index in [9.17, 15) is 4.79 Å². The van der Waals surface area contributed by atoms with Gasteiger partial charge >= 0.3 is 0 Å². The maximum atomic E-state index is 12.4. The van der Waals surface area contributed by atoms with Gasteiger partial charge in [-0.1, -0.05) is 0 Å². The predicted molar refractivity (Wildman–Crippen MR) is 71.4 cm³/mol. The van der Waals surface area contributed by atoms with Crippen molar-refractivity contribution in [3.8, 4) is 0 Å². The number of anilines is 1. The molecule has 2 aliphatic heterocycles. The SMILES string of the molecule is O=C([C@@H]1CN(c2ncccn2)CCO1)N1CCOCC1. The molecule has 0 unspecified atom stereocenters. The molecular formula is C13H18N4O3. The quantitative estimate of drug-likeness (QED) is 0.729. The fourth-order valence-corrected chi connectivity index (χ4v) is 2.42. The van der Waals surface area contributed by atoms with E-state index in [1.165, 1.54) is 0 Å². The van der Waals surface area contributed by atoms with Gasteiger partial charge in [0.2, 0.25) is 5.95 Å². The van der Waals surface area contributed by atoms with Gasteiger partial charge in [-0.3, -0.25) is 4.79 Å². The summed E-state index contributed by atoms with van der Waals surface area (Å²) in [6.07, 6.45) is 2.97. The van der Waals surface area contributed by atoms with Crippen LogP contribution >= 0.6 is 0 Å². The molecule has 3 rings (SSSR count). The second-order valence-electron chi connectivity index (χ2n) is 4.79. The Bertz CT molecular complexity index is 450. The van der Waals surface area contributed by atoms with E-state index in [0.29, 0.717) is 51.9 Å². The largest absolute Gasteiger partial charge is 0.378 e. The van der Waals surface area contributed by atoms with Crippen molar-refractivity contribution in [1.29, 1.82) is 0 Å². The molecule has 1 aromatic rings. The van der Waals surface area contributed by atoms with Crippen LogP contribution in [0, 0.1) is 0 Å².